The summed E-state index contributed by atoms with van der Waals surface area (Å²) >= 11 is 0. The van der Waals surface area contributed by atoms with Crippen LogP contribution in [0.5, 0.6) is 0 Å². The summed E-state index contributed by atoms with van der Waals surface area (Å²) in [5, 5.41) is 2.07. The molecule has 2 aliphatic rings. The molecular formula is C17H16O3. The molecule has 0 radical (unpaired) electrons. The summed E-state index contributed by atoms with van der Waals surface area (Å²) in [4.78, 5) is 12.4. The van der Waals surface area contributed by atoms with Crippen LogP contribution >= 0.6 is 0 Å². The van der Waals surface area contributed by atoms with Crippen LogP contribution < -0.4 is 0 Å². The largest absolute Gasteiger partial charge is 0.425 e. The molecule has 0 bridgehead atoms. The van der Waals surface area contributed by atoms with Crippen LogP contribution in [0.3, 0.4) is 0 Å². The molecule has 2 atom stereocenters. The van der Waals surface area contributed by atoms with Gasteiger partial charge in [-0.15, -0.1) is 0 Å². The van der Waals surface area contributed by atoms with Crippen LogP contribution in [0, 0.1) is 12.8 Å². The third-order valence-electron chi connectivity index (χ3n) is 4.37. The first-order chi connectivity index (χ1) is 9.61. The Bertz CT molecular complexity index is 734. The van der Waals surface area contributed by atoms with Gasteiger partial charge >= 0.3 is 5.97 Å². The van der Waals surface area contributed by atoms with Crippen molar-refractivity contribution in [2.75, 3.05) is 6.61 Å². The van der Waals surface area contributed by atoms with Crippen LogP contribution in [0.1, 0.15) is 34.8 Å². The van der Waals surface area contributed by atoms with Crippen molar-refractivity contribution in [3.05, 3.63) is 47.0 Å². The van der Waals surface area contributed by atoms with Gasteiger partial charge in [-0.1, -0.05) is 37.3 Å². The third-order valence-corrected chi connectivity index (χ3v) is 4.37. The molecule has 2 aromatic rings. The van der Waals surface area contributed by atoms with Gasteiger partial charge in [-0.25, -0.2) is 4.79 Å². The first-order valence-electron chi connectivity index (χ1n) is 7.01. The first kappa shape index (κ1) is 11.9. The standard InChI is InChI=1S/C17H16O3/c1-10-8-17(19-9-10)14-7-6-12-11(2)4-3-5-13(12)15(14)16(18)20-17/h3-7,10H,8-9H2,1-2H3/t10-,17+/m0/s1. The number of hydrogen-bond donors (Lipinski definition) is 0. The minimum Gasteiger partial charge on any atom is -0.425 e. The lowest BCUT2D eigenvalue weighted by Gasteiger charge is -2.22. The van der Waals surface area contributed by atoms with Crippen LogP contribution in [0.2, 0.25) is 0 Å². The van der Waals surface area contributed by atoms with Crippen molar-refractivity contribution in [2.45, 2.75) is 26.1 Å². The normalized spacial score (nSPS) is 28.1. The van der Waals surface area contributed by atoms with E-state index in [2.05, 4.69) is 26.0 Å². The minimum absolute atomic E-state index is 0.259. The van der Waals surface area contributed by atoms with Crippen LogP contribution in [0.4, 0.5) is 0 Å². The average Bonchev–Trinajstić information content (AvgIpc) is 2.92. The number of rotatable bonds is 0. The van der Waals surface area contributed by atoms with Crippen molar-refractivity contribution in [1.82, 2.24) is 0 Å². The van der Waals surface area contributed by atoms with E-state index < -0.39 is 5.79 Å². The molecule has 2 heterocycles. The highest BCUT2D eigenvalue weighted by atomic mass is 16.7. The minimum atomic E-state index is -0.843. The first-order valence-corrected chi connectivity index (χ1v) is 7.01. The Morgan fingerprint density at radius 3 is 2.80 bits per heavy atom. The van der Waals surface area contributed by atoms with Crippen molar-refractivity contribution in [2.24, 2.45) is 5.92 Å². The van der Waals surface area contributed by atoms with Gasteiger partial charge in [-0.3, -0.25) is 0 Å². The lowest BCUT2D eigenvalue weighted by molar-refractivity contribution is -0.172. The van der Waals surface area contributed by atoms with E-state index in [0.29, 0.717) is 18.1 Å². The smallest absolute Gasteiger partial charge is 0.342 e. The zero-order valence-corrected chi connectivity index (χ0v) is 11.6. The Balaban J connectivity index is 2.01. The predicted octanol–water partition coefficient (Wildman–Crippen LogP) is 3.53. The molecule has 102 valence electrons. The van der Waals surface area contributed by atoms with Gasteiger partial charge in [0.05, 0.1) is 12.2 Å². The molecule has 0 aliphatic carbocycles. The van der Waals surface area contributed by atoms with Crippen molar-refractivity contribution in [3.8, 4) is 0 Å². The van der Waals surface area contributed by atoms with E-state index in [9.17, 15) is 4.79 Å². The van der Waals surface area contributed by atoms with Crippen molar-refractivity contribution in [3.63, 3.8) is 0 Å². The maximum atomic E-state index is 12.4. The van der Waals surface area contributed by atoms with E-state index in [1.165, 1.54) is 5.56 Å². The molecule has 20 heavy (non-hydrogen) atoms. The zero-order valence-electron chi connectivity index (χ0n) is 11.6. The number of carbonyl (C=O) groups excluding carboxylic acids is 1. The zero-order chi connectivity index (χ0) is 13.9. The Kier molecular flexibility index (Phi) is 2.28. The number of ether oxygens (including phenoxy) is 2. The van der Waals surface area contributed by atoms with E-state index in [1.807, 2.05) is 18.2 Å². The molecular weight excluding hydrogens is 252 g/mol. The summed E-state index contributed by atoms with van der Waals surface area (Å²) in [5.74, 6) is -0.698. The monoisotopic (exact) mass is 268 g/mol. The third kappa shape index (κ3) is 1.41. The molecule has 3 nitrogen and oxygen atoms in total. The van der Waals surface area contributed by atoms with Gasteiger partial charge in [0.1, 0.15) is 0 Å². The van der Waals surface area contributed by atoms with Crippen molar-refractivity contribution in [1.29, 1.82) is 0 Å². The van der Waals surface area contributed by atoms with Gasteiger partial charge in [0.2, 0.25) is 5.79 Å². The number of aryl methyl sites for hydroxylation is 1. The Labute approximate surface area is 117 Å². The molecule has 3 heteroatoms. The number of esters is 1. The van der Waals surface area contributed by atoms with E-state index in [4.69, 9.17) is 9.47 Å². The molecule has 0 aromatic heterocycles. The van der Waals surface area contributed by atoms with E-state index >= 15 is 0 Å². The highest BCUT2D eigenvalue weighted by molar-refractivity contribution is 6.08. The summed E-state index contributed by atoms with van der Waals surface area (Å²) in [6, 6.07) is 10.1. The Morgan fingerprint density at radius 2 is 2.05 bits per heavy atom. The quantitative estimate of drug-likeness (QED) is 0.686. The highest BCUT2D eigenvalue weighted by Crippen LogP contribution is 2.48. The lowest BCUT2D eigenvalue weighted by Crippen LogP contribution is -2.24. The van der Waals surface area contributed by atoms with Gasteiger partial charge in [0.25, 0.3) is 0 Å². The molecule has 1 saturated heterocycles. The molecule has 2 aliphatic heterocycles. The van der Waals surface area contributed by atoms with Gasteiger partial charge in [0, 0.05) is 12.0 Å². The molecule has 2 aromatic carbocycles. The Morgan fingerprint density at radius 1 is 1.20 bits per heavy atom. The summed E-state index contributed by atoms with van der Waals surface area (Å²) in [7, 11) is 0. The summed E-state index contributed by atoms with van der Waals surface area (Å²) in [5.41, 5.74) is 2.74. The van der Waals surface area contributed by atoms with Gasteiger partial charge in [-0.05, 0) is 29.2 Å². The summed E-state index contributed by atoms with van der Waals surface area (Å²) in [6.45, 7) is 4.81. The molecule has 4 rings (SSSR count). The topological polar surface area (TPSA) is 35.5 Å². The molecule has 1 spiro atoms. The fourth-order valence-corrected chi connectivity index (χ4v) is 3.42. The summed E-state index contributed by atoms with van der Waals surface area (Å²) in [6.07, 6.45) is 0.739. The molecule has 0 saturated carbocycles. The second kappa shape index (κ2) is 3.83. The number of carbonyl (C=O) groups is 1. The van der Waals surface area contributed by atoms with Crippen LogP contribution in [-0.2, 0) is 15.3 Å². The fourth-order valence-electron chi connectivity index (χ4n) is 3.42. The van der Waals surface area contributed by atoms with Crippen molar-refractivity contribution >= 4 is 16.7 Å². The Hall–Kier alpha value is -1.87. The number of hydrogen-bond acceptors (Lipinski definition) is 3. The van der Waals surface area contributed by atoms with Crippen LogP contribution in [0.15, 0.2) is 30.3 Å². The van der Waals surface area contributed by atoms with Crippen LogP contribution in [-0.4, -0.2) is 12.6 Å². The predicted molar refractivity (Wildman–Crippen MR) is 75.5 cm³/mol. The molecule has 0 N–H and O–H groups in total. The van der Waals surface area contributed by atoms with E-state index in [1.54, 1.807) is 0 Å². The number of fused-ring (bicyclic) bond motifs is 4. The van der Waals surface area contributed by atoms with Crippen LogP contribution in [0.25, 0.3) is 10.8 Å². The second-order valence-electron chi connectivity index (χ2n) is 5.92. The van der Waals surface area contributed by atoms with Gasteiger partial charge in [0.15, 0.2) is 0 Å². The highest BCUT2D eigenvalue weighted by Gasteiger charge is 2.51. The van der Waals surface area contributed by atoms with E-state index in [-0.39, 0.29) is 5.97 Å². The number of benzene rings is 2. The lowest BCUT2D eigenvalue weighted by atomic mass is 9.92. The molecule has 1 fully saturated rings. The molecule has 0 amide bonds. The average molecular weight is 268 g/mol. The fraction of sp³-hybridized carbons (Fsp3) is 0.353. The maximum absolute atomic E-state index is 12.4. The van der Waals surface area contributed by atoms with E-state index in [0.717, 1.165) is 22.8 Å². The summed E-state index contributed by atoms with van der Waals surface area (Å²) < 4.78 is 11.5. The van der Waals surface area contributed by atoms with Gasteiger partial charge < -0.3 is 9.47 Å². The maximum Gasteiger partial charge on any atom is 0.342 e. The second-order valence-corrected chi connectivity index (χ2v) is 5.92. The van der Waals surface area contributed by atoms with Crippen molar-refractivity contribution < 1.29 is 14.3 Å². The SMILES string of the molecule is Cc1cccc2c3c(ccc12)[C@@]1(C[C@H](C)CO1)OC3=O. The van der Waals surface area contributed by atoms with Gasteiger partial charge in [-0.2, -0.15) is 0 Å². The molecule has 0 unspecified atom stereocenters.